The molecule has 23 heavy (non-hydrogen) atoms. The molecule has 2 amide bonds. The Kier molecular flexibility index (Phi) is 4.17. The summed E-state index contributed by atoms with van der Waals surface area (Å²) in [4.78, 5) is 25.9. The first-order valence-corrected chi connectivity index (χ1v) is 7.57. The summed E-state index contributed by atoms with van der Waals surface area (Å²) in [5.41, 5.74) is 2.53. The van der Waals surface area contributed by atoms with Gasteiger partial charge in [0.05, 0.1) is 17.9 Å². The average Bonchev–Trinajstić information content (AvgIpc) is 2.82. The molecule has 1 aliphatic rings. The van der Waals surface area contributed by atoms with Gasteiger partial charge in [-0.15, -0.1) is 0 Å². The molecule has 0 aromatic heterocycles. The lowest BCUT2D eigenvalue weighted by Gasteiger charge is -2.13. The number of nitrogens with zero attached hydrogens (tertiary/aromatic N) is 1. The van der Waals surface area contributed by atoms with Crippen LogP contribution in [0.3, 0.4) is 0 Å². The Hall–Kier alpha value is -2.59. The summed E-state index contributed by atoms with van der Waals surface area (Å²) in [5, 5.41) is 0.624. The Bertz CT molecular complexity index is 796. The fraction of sp³-hybridized carbons (Fsp3) is 0.111. The molecule has 0 atom stereocenters. The van der Waals surface area contributed by atoms with E-state index in [2.05, 4.69) is 0 Å². The topological polar surface area (TPSA) is 46.6 Å². The van der Waals surface area contributed by atoms with E-state index in [0.29, 0.717) is 21.8 Å². The quantitative estimate of drug-likeness (QED) is 0.769. The molecule has 0 saturated heterocycles. The van der Waals surface area contributed by atoms with E-state index in [1.54, 1.807) is 37.3 Å². The molecule has 0 aliphatic carbocycles. The van der Waals surface area contributed by atoms with Gasteiger partial charge in [-0.1, -0.05) is 41.9 Å². The van der Waals surface area contributed by atoms with Crippen LogP contribution in [-0.4, -0.2) is 18.6 Å². The molecule has 3 rings (SSSR count). The van der Waals surface area contributed by atoms with Crippen LogP contribution in [0, 0.1) is 0 Å². The van der Waals surface area contributed by atoms with Crippen molar-refractivity contribution in [1.29, 1.82) is 0 Å². The number of amides is 2. The van der Waals surface area contributed by atoms with E-state index in [0.717, 1.165) is 10.5 Å². The van der Waals surface area contributed by atoms with E-state index in [1.807, 2.05) is 24.3 Å². The largest absolute Gasteiger partial charge is 0.449 e. The molecule has 1 heterocycles. The smallest absolute Gasteiger partial charge is 0.421 e. The molecule has 0 radical (unpaired) electrons. The zero-order chi connectivity index (χ0) is 16.4. The van der Waals surface area contributed by atoms with Crippen LogP contribution in [0.2, 0.25) is 5.02 Å². The molecule has 0 fully saturated rings. The maximum Gasteiger partial charge on any atom is 0.421 e. The van der Waals surface area contributed by atoms with E-state index < -0.39 is 6.09 Å². The van der Waals surface area contributed by atoms with Crippen LogP contribution in [0.15, 0.2) is 48.5 Å². The van der Waals surface area contributed by atoms with Crippen molar-refractivity contribution in [3.05, 3.63) is 64.7 Å². The highest BCUT2D eigenvalue weighted by Gasteiger charge is 2.37. The van der Waals surface area contributed by atoms with Gasteiger partial charge in [0.25, 0.3) is 5.91 Å². The van der Waals surface area contributed by atoms with E-state index >= 15 is 0 Å². The van der Waals surface area contributed by atoms with Crippen LogP contribution in [0.5, 0.6) is 0 Å². The summed E-state index contributed by atoms with van der Waals surface area (Å²) in [6.45, 7) is 1.91. The summed E-state index contributed by atoms with van der Waals surface area (Å²) in [5.74, 6) is -0.389. The van der Waals surface area contributed by atoms with E-state index in [1.165, 1.54) is 0 Å². The number of para-hydroxylation sites is 1. The molecule has 116 valence electrons. The Morgan fingerprint density at radius 3 is 2.57 bits per heavy atom. The summed E-state index contributed by atoms with van der Waals surface area (Å²) in [7, 11) is 0. The number of benzene rings is 2. The summed E-state index contributed by atoms with van der Waals surface area (Å²) < 4.78 is 4.99. The number of hydrogen-bond donors (Lipinski definition) is 0. The van der Waals surface area contributed by atoms with Gasteiger partial charge in [0, 0.05) is 10.6 Å². The molecule has 4 nitrogen and oxygen atoms in total. The van der Waals surface area contributed by atoms with Gasteiger partial charge in [0.1, 0.15) is 0 Å². The number of carbonyl (C=O) groups excluding carboxylic acids is 2. The second-order valence-corrected chi connectivity index (χ2v) is 5.40. The van der Waals surface area contributed by atoms with Crippen LogP contribution >= 0.6 is 11.6 Å². The molecule has 2 aromatic carbocycles. The lowest BCUT2D eigenvalue weighted by atomic mass is 10.0. The van der Waals surface area contributed by atoms with Gasteiger partial charge in [-0.25, -0.2) is 9.69 Å². The standard InChI is InChI=1S/C18H14ClNO3/c1-2-23-18(22)20-16-6-4-3-5-14(16)15(17(20)21)11-12-7-9-13(19)10-8-12/h3-11H,2H2,1H3/b15-11+. The van der Waals surface area contributed by atoms with Crippen molar-refractivity contribution in [3.63, 3.8) is 0 Å². The van der Waals surface area contributed by atoms with Gasteiger partial charge in [-0.2, -0.15) is 0 Å². The Morgan fingerprint density at radius 1 is 1.17 bits per heavy atom. The lowest BCUT2D eigenvalue weighted by Crippen LogP contribution is -2.33. The van der Waals surface area contributed by atoms with Crippen molar-refractivity contribution in [3.8, 4) is 0 Å². The van der Waals surface area contributed by atoms with Crippen molar-refractivity contribution in [2.75, 3.05) is 11.5 Å². The summed E-state index contributed by atoms with van der Waals surface area (Å²) >= 11 is 5.88. The minimum atomic E-state index is -0.663. The Balaban J connectivity index is 2.07. The van der Waals surface area contributed by atoms with Crippen LogP contribution in [0.1, 0.15) is 18.1 Å². The zero-order valence-corrected chi connectivity index (χ0v) is 13.2. The van der Waals surface area contributed by atoms with Crippen molar-refractivity contribution >= 4 is 40.9 Å². The van der Waals surface area contributed by atoms with Gasteiger partial charge >= 0.3 is 6.09 Å². The first-order valence-electron chi connectivity index (χ1n) is 7.19. The number of halogens is 1. The van der Waals surface area contributed by atoms with E-state index in [-0.39, 0.29) is 12.5 Å². The van der Waals surface area contributed by atoms with Crippen molar-refractivity contribution < 1.29 is 14.3 Å². The molecular weight excluding hydrogens is 314 g/mol. The molecule has 0 bridgehead atoms. The normalized spacial score (nSPS) is 15.0. The van der Waals surface area contributed by atoms with Gasteiger partial charge in [0.2, 0.25) is 0 Å². The number of imide groups is 1. The fourth-order valence-electron chi connectivity index (χ4n) is 2.48. The second-order valence-electron chi connectivity index (χ2n) is 4.97. The van der Waals surface area contributed by atoms with Crippen LogP contribution in [0.4, 0.5) is 10.5 Å². The number of anilines is 1. The van der Waals surface area contributed by atoms with E-state index in [4.69, 9.17) is 16.3 Å². The number of ether oxygens (including phenoxy) is 1. The van der Waals surface area contributed by atoms with Gasteiger partial charge in [-0.05, 0) is 36.8 Å². The first-order chi connectivity index (χ1) is 11.1. The number of carbonyl (C=O) groups is 2. The van der Waals surface area contributed by atoms with Gasteiger partial charge in [0.15, 0.2) is 0 Å². The first kappa shape index (κ1) is 15.3. The molecule has 0 saturated carbocycles. The second kappa shape index (κ2) is 6.26. The SMILES string of the molecule is CCOC(=O)N1C(=O)/C(=C/c2ccc(Cl)cc2)c2ccccc21. The van der Waals surface area contributed by atoms with Gasteiger partial charge < -0.3 is 4.74 Å². The Labute approximate surface area is 138 Å². The molecule has 0 spiro atoms. The van der Waals surface area contributed by atoms with Crippen molar-refractivity contribution in [1.82, 2.24) is 0 Å². The van der Waals surface area contributed by atoms with Crippen LogP contribution in [-0.2, 0) is 9.53 Å². The third-order valence-electron chi connectivity index (χ3n) is 3.50. The number of fused-ring (bicyclic) bond motifs is 1. The maximum absolute atomic E-state index is 12.7. The molecular formula is C18H14ClNO3. The highest BCUT2D eigenvalue weighted by Crippen LogP contribution is 2.38. The third-order valence-corrected chi connectivity index (χ3v) is 3.75. The number of rotatable bonds is 2. The molecule has 1 aliphatic heterocycles. The molecule has 0 N–H and O–H groups in total. The minimum absolute atomic E-state index is 0.209. The highest BCUT2D eigenvalue weighted by atomic mass is 35.5. The maximum atomic E-state index is 12.7. The van der Waals surface area contributed by atoms with Gasteiger partial charge in [-0.3, -0.25) is 4.79 Å². The van der Waals surface area contributed by atoms with Crippen LogP contribution in [0.25, 0.3) is 11.6 Å². The predicted molar refractivity (Wildman–Crippen MR) is 90.3 cm³/mol. The van der Waals surface area contributed by atoms with Crippen molar-refractivity contribution in [2.24, 2.45) is 0 Å². The van der Waals surface area contributed by atoms with E-state index in [9.17, 15) is 9.59 Å². The molecule has 5 heteroatoms. The Morgan fingerprint density at radius 2 is 1.87 bits per heavy atom. The average molecular weight is 328 g/mol. The van der Waals surface area contributed by atoms with Crippen molar-refractivity contribution in [2.45, 2.75) is 6.92 Å². The molecule has 0 unspecified atom stereocenters. The molecule has 2 aromatic rings. The fourth-order valence-corrected chi connectivity index (χ4v) is 2.60. The summed E-state index contributed by atoms with van der Waals surface area (Å²) in [6, 6.07) is 14.3. The summed E-state index contributed by atoms with van der Waals surface area (Å²) in [6.07, 6.45) is 1.08. The zero-order valence-electron chi connectivity index (χ0n) is 12.5. The lowest BCUT2D eigenvalue weighted by molar-refractivity contribution is -0.112. The highest BCUT2D eigenvalue weighted by molar-refractivity contribution is 6.41. The monoisotopic (exact) mass is 327 g/mol. The third kappa shape index (κ3) is 2.85. The predicted octanol–water partition coefficient (Wildman–Crippen LogP) is 4.38. The van der Waals surface area contributed by atoms with Crippen LogP contribution < -0.4 is 4.90 Å². The minimum Gasteiger partial charge on any atom is -0.449 e. The number of hydrogen-bond acceptors (Lipinski definition) is 3.